The van der Waals surface area contributed by atoms with Crippen LogP contribution in [0.4, 0.5) is 0 Å². The third-order valence-electron chi connectivity index (χ3n) is 6.92. The molecular formula is C24H38O. The first-order valence-electron chi connectivity index (χ1n) is 11.0. The van der Waals surface area contributed by atoms with Gasteiger partial charge in [-0.25, -0.2) is 0 Å². The molecule has 0 saturated heterocycles. The van der Waals surface area contributed by atoms with Crippen molar-refractivity contribution in [2.75, 3.05) is 6.61 Å². The average Bonchev–Trinajstić information content (AvgIpc) is 2.68. The van der Waals surface area contributed by atoms with E-state index in [0.717, 1.165) is 36.0 Å². The van der Waals surface area contributed by atoms with Crippen LogP contribution in [-0.4, -0.2) is 6.61 Å². The van der Waals surface area contributed by atoms with E-state index in [1.165, 1.54) is 77.0 Å². The lowest BCUT2D eigenvalue weighted by atomic mass is 9.68. The van der Waals surface area contributed by atoms with Crippen molar-refractivity contribution in [3.63, 3.8) is 0 Å². The van der Waals surface area contributed by atoms with E-state index in [1.807, 2.05) is 18.2 Å². The van der Waals surface area contributed by atoms with Gasteiger partial charge in [0.1, 0.15) is 5.75 Å². The molecule has 0 aliphatic heterocycles. The summed E-state index contributed by atoms with van der Waals surface area (Å²) in [5.74, 6) is 5.16. The Hall–Kier alpha value is -0.980. The molecule has 3 rings (SSSR count). The molecule has 2 aliphatic rings. The molecule has 0 radical (unpaired) electrons. The Bertz CT molecular complexity index is 452. The van der Waals surface area contributed by atoms with Gasteiger partial charge in [-0.1, -0.05) is 63.6 Å². The van der Waals surface area contributed by atoms with Crippen molar-refractivity contribution in [3.05, 3.63) is 30.3 Å². The number of hydrogen-bond acceptors (Lipinski definition) is 1. The maximum Gasteiger partial charge on any atom is 0.119 e. The standard InChI is InChI=1S/C24H38O/c1-2-7-20-11-15-22(16-12-20)23-17-13-21(14-18-23)8-6-19-25-24-9-4-3-5-10-24/h3-5,9-10,20-23H,2,6-8,11-19H2,1H3/t20-,21-,22-,23-. The summed E-state index contributed by atoms with van der Waals surface area (Å²) in [6, 6.07) is 10.3. The largest absolute Gasteiger partial charge is 0.494 e. The summed E-state index contributed by atoms with van der Waals surface area (Å²) in [4.78, 5) is 0. The second-order valence-electron chi connectivity index (χ2n) is 8.65. The van der Waals surface area contributed by atoms with Gasteiger partial charge in [0.05, 0.1) is 6.61 Å². The van der Waals surface area contributed by atoms with Gasteiger partial charge in [-0.2, -0.15) is 0 Å². The van der Waals surface area contributed by atoms with Crippen molar-refractivity contribution in [1.82, 2.24) is 0 Å². The monoisotopic (exact) mass is 342 g/mol. The zero-order chi connectivity index (χ0) is 17.3. The predicted octanol–water partition coefficient (Wildman–Crippen LogP) is 7.26. The van der Waals surface area contributed by atoms with Gasteiger partial charge in [0.15, 0.2) is 0 Å². The molecule has 2 fully saturated rings. The van der Waals surface area contributed by atoms with Gasteiger partial charge in [-0.15, -0.1) is 0 Å². The van der Waals surface area contributed by atoms with Crippen molar-refractivity contribution < 1.29 is 4.74 Å². The Morgan fingerprint density at radius 1 is 0.760 bits per heavy atom. The third kappa shape index (κ3) is 6.04. The second-order valence-corrected chi connectivity index (χ2v) is 8.65. The number of rotatable bonds is 8. The van der Waals surface area contributed by atoms with E-state index >= 15 is 0 Å². The summed E-state index contributed by atoms with van der Waals surface area (Å²) in [5, 5.41) is 0. The molecule has 0 heterocycles. The van der Waals surface area contributed by atoms with E-state index in [1.54, 1.807) is 0 Å². The number of hydrogen-bond donors (Lipinski definition) is 0. The molecule has 140 valence electrons. The van der Waals surface area contributed by atoms with Crippen LogP contribution in [0.25, 0.3) is 0 Å². The summed E-state index contributed by atoms with van der Waals surface area (Å²) in [7, 11) is 0. The van der Waals surface area contributed by atoms with E-state index in [9.17, 15) is 0 Å². The van der Waals surface area contributed by atoms with E-state index in [-0.39, 0.29) is 0 Å². The SMILES string of the molecule is CCC[C@H]1CC[C@H]([C@H]2CC[C@H](CCCOc3ccccc3)CC2)CC1. The molecule has 0 bridgehead atoms. The average molecular weight is 343 g/mol. The Balaban J connectivity index is 1.27. The Morgan fingerprint density at radius 3 is 1.88 bits per heavy atom. The topological polar surface area (TPSA) is 9.23 Å². The summed E-state index contributed by atoms with van der Waals surface area (Å²) in [6.45, 7) is 3.23. The first kappa shape index (κ1) is 18.8. The number of para-hydroxylation sites is 1. The lowest BCUT2D eigenvalue weighted by molar-refractivity contribution is 0.138. The summed E-state index contributed by atoms with van der Waals surface area (Å²) in [5.41, 5.74) is 0. The molecule has 2 aliphatic carbocycles. The van der Waals surface area contributed by atoms with Crippen LogP contribution in [0.1, 0.15) is 84.0 Å². The maximum absolute atomic E-state index is 5.84. The van der Waals surface area contributed by atoms with Crippen LogP contribution in [0.5, 0.6) is 5.75 Å². The fourth-order valence-corrected chi connectivity index (χ4v) is 5.38. The van der Waals surface area contributed by atoms with Crippen molar-refractivity contribution in [2.24, 2.45) is 23.7 Å². The molecule has 0 unspecified atom stereocenters. The summed E-state index contributed by atoms with van der Waals surface area (Å²) < 4.78 is 5.84. The van der Waals surface area contributed by atoms with Gasteiger partial charge in [-0.3, -0.25) is 0 Å². The van der Waals surface area contributed by atoms with Gasteiger partial charge in [0.2, 0.25) is 0 Å². The molecule has 1 heteroatoms. The van der Waals surface area contributed by atoms with Crippen molar-refractivity contribution in [2.45, 2.75) is 84.0 Å². The Labute approximate surface area is 155 Å². The lowest BCUT2D eigenvalue weighted by Gasteiger charge is -2.38. The van der Waals surface area contributed by atoms with Crippen LogP contribution in [0, 0.1) is 23.7 Å². The predicted molar refractivity (Wildman–Crippen MR) is 107 cm³/mol. The molecule has 0 N–H and O–H groups in total. The van der Waals surface area contributed by atoms with Crippen LogP contribution >= 0.6 is 0 Å². The third-order valence-corrected chi connectivity index (χ3v) is 6.92. The molecule has 1 nitrogen and oxygen atoms in total. The quantitative estimate of drug-likeness (QED) is 0.452. The highest BCUT2D eigenvalue weighted by molar-refractivity contribution is 5.20. The van der Waals surface area contributed by atoms with Gasteiger partial charge >= 0.3 is 0 Å². The lowest BCUT2D eigenvalue weighted by Crippen LogP contribution is -2.26. The van der Waals surface area contributed by atoms with Crippen molar-refractivity contribution in [1.29, 1.82) is 0 Å². The van der Waals surface area contributed by atoms with Crippen LogP contribution in [-0.2, 0) is 0 Å². The molecule has 1 aromatic rings. The molecule has 2 saturated carbocycles. The second kappa shape index (κ2) is 10.2. The minimum atomic E-state index is 0.880. The Morgan fingerprint density at radius 2 is 1.32 bits per heavy atom. The van der Waals surface area contributed by atoms with Gasteiger partial charge in [-0.05, 0) is 74.3 Å². The molecule has 0 spiro atoms. The van der Waals surface area contributed by atoms with E-state index < -0.39 is 0 Å². The summed E-state index contributed by atoms with van der Waals surface area (Å²) >= 11 is 0. The number of benzene rings is 1. The number of ether oxygens (including phenoxy) is 1. The molecule has 0 aromatic heterocycles. The van der Waals surface area contributed by atoms with Gasteiger partial charge in [0.25, 0.3) is 0 Å². The van der Waals surface area contributed by atoms with Crippen LogP contribution < -0.4 is 4.74 Å². The highest BCUT2D eigenvalue weighted by Gasteiger charge is 2.30. The van der Waals surface area contributed by atoms with Crippen LogP contribution in [0.15, 0.2) is 30.3 Å². The van der Waals surface area contributed by atoms with Crippen molar-refractivity contribution in [3.8, 4) is 5.75 Å². The Kier molecular flexibility index (Phi) is 7.70. The summed E-state index contributed by atoms with van der Waals surface area (Å²) in [6.07, 6.45) is 17.5. The van der Waals surface area contributed by atoms with Gasteiger partial charge < -0.3 is 4.74 Å². The highest BCUT2D eigenvalue weighted by atomic mass is 16.5. The van der Waals surface area contributed by atoms with Gasteiger partial charge in [0, 0.05) is 0 Å². The molecule has 25 heavy (non-hydrogen) atoms. The molecule has 1 aromatic carbocycles. The van der Waals surface area contributed by atoms with Crippen LogP contribution in [0.2, 0.25) is 0 Å². The van der Waals surface area contributed by atoms with E-state index in [2.05, 4.69) is 19.1 Å². The molecule has 0 amide bonds. The van der Waals surface area contributed by atoms with E-state index in [4.69, 9.17) is 4.74 Å². The van der Waals surface area contributed by atoms with E-state index in [0.29, 0.717) is 0 Å². The fraction of sp³-hybridized carbons (Fsp3) is 0.750. The zero-order valence-electron chi connectivity index (χ0n) is 16.3. The fourth-order valence-electron chi connectivity index (χ4n) is 5.38. The first-order chi connectivity index (χ1) is 12.3. The zero-order valence-corrected chi connectivity index (χ0v) is 16.3. The maximum atomic E-state index is 5.84. The normalized spacial score (nSPS) is 30.1. The molecule has 0 atom stereocenters. The van der Waals surface area contributed by atoms with Crippen LogP contribution in [0.3, 0.4) is 0 Å². The minimum Gasteiger partial charge on any atom is -0.494 e. The minimum absolute atomic E-state index is 0.880. The van der Waals surface area contributed by atoms with Crippen molar-refractivity contribution >= 4 is 0 Å². The highest BCUT2D eigenvalue weighted by Crippen LogP contribution is 2.42. The molecular weight excluding hydrogens is 304 g/mol. The smallest absolute Gasteiger partial charge is 0.119 e. The first-order valence-corrected chi connectivity index (χ1v) is 11.0.